The summed E-state index contributed by atoms with van der Waals surface area (Å²) in [5, 5.41) is -0.310. The minimum absolute atomic E-state index is 0.260. The number of aliphatic imine (C=N–C) groups is 1. The van der Waals surface area contributed by atoms with Crippen LogP contribution in [0.5, 0.6) is 0 Å². The van der Waals surface area contributed by atoms with Crippen LogP contribution in [-0.4, -0.2) is 35.1 Å². The molecule has 1 amide bonds. The molecule has 2 rings (SSSR count). The van der Waals surface area contributed by atoms with Crippen molar-refractivity contribution >= 4 is 34.4 Å². The number of hydrogen-bond donors (Lipinski definition) is 1. The molecule has 0 aliphatic carbocycles. The van der Waals surface area contributed by atoms with E-state index in [4.69, 9.17) is 11.6 Å². The topological polar surface area (TPSA) is 41.5 Å². The Morgan fingerprint density at radius 2 is 1.52 bits per heavy atom. The normalized spacial score (nSPS) is 19.1. The minimum atomic E-state index is -6.51. The third kappa shape index (κ3) is 4.17. The van der Waals surface area contributed by atoms with Crippen LogP contribution in [0.25, 0.3) is 0 Å². The highest BCUT2D eigenvalue weighted by atomic mass is 35.5. The number of amides is 1. The second kappa shape index (κ2) is 7.38. The smallest absolute Gasteiger partial charge is 0.301 e. The molecular weight excluding hydrogens is 470 g/mol. The average molecular weight is 475 g/mol. The van der Waals surface area contributed by atoms with Crippen LogP contribution < -0.4 is 5.32 Å². The molecule has 0 saturated carbocycles. The molecule has 0 aromatic heterocycles. The summed E-state index contributed by atoms with van der Waals surface area (Å²) in [6, 6.07) is 4.78. The number of rotatable bonds is 1. The van der Waals surface area contributed by atoms with Crippen LogP contribution in [0, 0.1) is 0 Å². The van der Waals surface area contributed by atoms with Gasteiger partial charge in [-0.15, -0.1) is 0 Å². The Hall–Kier alpha value is -1.96. The van der Waals surface area contributed by atoms with Crippen LogP contribution in [-0.2, 0) is 0 Å². The second-order valence-corrected chi connectivity index (χ2v) is 6.71. The molecule has 15 heteroatoms. The number of carbonyl (C=O) groups excluding carboxylic acids is 1. The monoisotopic (exact) mass is 474 g/mol. The van der Waals surface area contributed by atoms with Gasteiger partial charge in [0.2, 0.25) is 5.83 Å². The highest BCUT2D eigenvalue weighted by molar-refractivity contribution is 8.17. The summed E-state index contributed by atoms with van der Waals surface area (Å²) >= 11 is 4.71. The van der Waals surface area contributed by atoms with Gasteiger partial charge in [-0.1, -0.05) is 35.5 Å². The van der Waals surface area contributed by atoms with E-state index in [-0.39, 0.29) is 5.02 Å². The maximum atomic E-state index is 13.6. The number of nitrogens with zero attached hydrogens (tertiary/aromatic N) is 1. The van der Waals surface area contributed by atoms with Crippen LogP contribution in [0.4, 0.5) is 43.9 Å². The predicted octanol–water partition coefficient (Wildman–Crippen LogP) is 5.78. The van der Waals surface area contributed by atoms with Crippen molar-refractivity contribution in [3.63, 3.8) is 0 Å². The van der Waals surface area contributed by atoms with Gasteiger partial charge in [-0.2, -0.15) is 39.5 Å². The van der Waals surface area contributed by atoms with Gasteiger partial charge in [0.05, 0.1) is 15.5 Å². The molecule has 0 radical (unpaired) electrons. The van der Waals surface area contributed by atoms with Gasteiger partial charge < -0.3 is 5.32 Å². The van der Waals surface area contributed by atoms with Crippen molar-refractivity contribution in [3.8, 4) is 0 Å². The van der Waals surface area contributed by atoms with E-state index in [2.05, 4.69) is 4.99 Å². The van der Waals surface area contributed by atoms with E-state index in [0.29, 0.717) is 0 Å². The number of benzene rings is 1. The van der Waals surface area contributed by atoms with Crippen LogP contribution >= 0.6 is 23.4 Å². The lowest BCUT2D eigenvalue weighted by molar-refractivity contribution is -0.280. The molecule has 0 fully saturated rings. The molecular formula is C14H5ClF10N2OS. The second-order valence-electron chi connectivity index (χ2n) is 5.30. The average Bonchev–Trinajstić information content (AvgIpc) is 2.93. The van der Waals surface area contributed by atoms with Crippen molar-refractivity contribution in [2.75, 3.05) is 0 Å². The van der Waals surface area contributed by atoms with Gasteiger partial charge in [-0.25, -0.2) is 9.38 Å². The lowest BCUT2D eigenvalue weighted by Gasteiger charge is -2.31. The van der Waals surface area contributed by atoms with Crippen LogP contribution in [0.15, 0.2) is 40.0 Å². The Bertz CT molecular complexity index is 874. The van der Waals surface area contributed by atoms with Crippen LogP contribution in [0.3, 0.4) is 0 Å². The number of alkyl halides is 9. The fourth-order valence-corrected chi connectivity index (χ4v) is 3.51. The molecule has 1 heterocycles. The van der Waals surface area contributed by atoms with E-state index >= 15 is 0 Å². The zero-order chi connectivity index (χ0) is 22.4. The first-order valence-corrected chi connectivity index (χ1v) is 8.16. The lowest BCUT2D eigenvalue weighted by Crippen LogP contribution is -2.55. The molecule has 1 aliphatic rings. The molecule has 1 aromatic carbocycles. The Morgan fingerprint density at radius 3 is 1.97 bits per heavy atom. The molecule has 0 bridgehead atoms. The van der Waals surface area contributed by atoms with E-state index in [0.717, 1.165) is 12.1 Å². The molecule has 0 spiro atoms. The third-order valence-electron chi connectivity index (χ3n) is 3.40. The lowest BCUT2D eigenvalue weighted by atomic mass is 9.97. The first-order chi connectivity index (χ1) is 13.0. The van der Waals surface area contributed by atoms with Crippen molar-refractivity contribution < 1.29 is 48.7 Å². The van der Waals surface area contributed by atoms with E-state index in [9.17, 15) is 48.7 Å². The number of thioether (sulfide) groups is 1. The molecule has 0 saturated heterocycles. The Balaban J connectivity index is 2.63. The van der Waals surface area contributed by atoms with E-state index in [1.54, 1.807) is 0 Å². The summed E-state index contributed by atoms with van der Waals surface area (Å²) in [5.41, 5.74) is -5.97. The molecule has 160 valence electrons. The highest BCUT2D eigenvalue weighted by Crippen LogP contribution is 2.59. The van der Waals surface area contributed by atoms with Gasteiger partial charge in [-0.3, -0.25) is 4.79 Å². The Kier molecular flexibility index (Phi) is 5.93. The minimum Gasteiger partial charge on any atom is -0.301 e. The van der Waals surface area contributed by atoms with Crippen molar-refractivity contribution in [1.29, 1.82) is 0 Å². The molecule has 3 nitrogen and oxygen atoms in total. The van der Waals surface area contributed by atoms with E-state index in [1.165, 1.54) is 17.4 Å². The summed E-state index contributed by atoms with van der Waals surface area (Å²) in [6.07, 6.45) is -19.2. The maximum Gasteiger partial charge on any atom is 0.443 e. The first-order valence-electron chi connectivity index (χ1n) is 6.97. The van der Waals surface area contributed by atoms with Crippen LogP contribution in [0.2, 0.25) is 5.02 Å². The standard InChI is InChI=1S/C14H5ClF10N2OS/c15-6-4-2-1-3-5(6)9(28)26-10-27-11(13(20,21)22,14(23,24)25)8(29-10)7(16)12(17,18)19/h1-4H,(H,26,27,28). The largest absolute Gasteiger partial charge is 0.443 e. The van der Waals surface area contributed by atoms with Gasteiger partial charge in [0.15, 0.2) is 5.17 Å². The highest BCUT2D eigenvalue weighted by Gasteiger charge is 2.77. The summed E-state index contributed by atoms with van der Waals surface area (Å²) in [7, 11) is 0. The van der Waals surface area contributed by atoms with Gasteiger partial charge in [0.1, 0.15) is 0 Å². The van der Waals surface area contributed by atoms with Gasteiger partial charge in [-0.05, 0) is 12.1 Å². The number of allylic oxidation sites excluding steroid dienone is 1. The maximum absolute atomic E-state index is 13.6. The third-order valence-corrected chi connectivity index (χ3v) is 4.80. The number of amidine groups is 1. The zero-order valence-corrected chi connectivity index (χ0v) is 14.8. The molecule has 1 aliphatic heterocycles. The van der Waals surface area contributed by atoms with Crippen molar-refractivity contribution in [2.24, 2.45) is 4.99 Å². The SMILES string of the molecule is O=C(NC1=NC(C(F)(F)F)(C(F)(F)F)C(=C(F)C(F)(F)F)S1)c1ccccc1Cl. The fourth-order valence-electron chi connectivity index (χ4n) is 2.14. The summed E-state index contributed by atoms with van der Waals surface area (Å²) in [6.45, 7) is 0. The Labute approximate surface area is 163 Å². The van der Waals surface area contributed by atoms with Crippen molar-refractivity contribution in [1.82, 2.24) is 5.32 Å². The van der Waals surface area contributed by atoms with Crippen molar-refractivity contribution in [2.45, 2.75) is 24.1 Å². The number of carbonyl (C=O) groups is 1. The van der Waals surface area contributed by atoms with Gasteiger partial charge in [0.25, 0.3) is 11.4 Å². The first kappa shape index (κ1) is 23.3. The fraction of sp³-hybridized carbons (Fsp3) is 0.286. The number of halogens is 11. The van der Waals surface area contributed by atoms with Crippen LogP contribution in [0.1, 0.15) is 10.4 Å². The Morgan fingerprint density at radius 1 is 1.00 bits per heavy atom. The summed E-state index contributed by atoms with van der Waals surface area (Å²) < 4.78 is 131. The van der Waals surface area contributed by atoms with Gasteiger partial charge in [0, 0.05) is 0 Å². The molecule has 1 N–H and O–H groups in total. The number of nitrogens with one attached hydrogen (secondary N) is 1. The van der Waals surface area contributed by atoms with E-state index in [1.807, 2.05) is 0 Å². The molecule has 0 unspecified atom stereocenters. The van der Waals surface area contributed by atoms with Crippen molar-refractivity contribution in [3.05, 3.63) is 45.6 Å². The molecule has 29 heavy (non-hydrogen) atoms. The van der Waals surface area contributed by atoms with Gasteiger partial charge >= 0.3 is 18.5 Å². The zero-order valence-electron chi connectivity index (χ0n) is 13.2. The predicted molar refractivity (Wildman–Crippen MR) is 83.0 cm³/mol. The van der Waals surface area contributed by atoms with E-state index < -0.39 is 63.2 Å². The molecule has 0 atom stereocenters. The number of hydrogen-bond acceptors (Lipinski definition) is 3. The summed E-state index contributed by atoms with van der Waals surface area (Å²) in [4.78, 5) is 11.4. The quantitative estimate of drug-likeness (QED) is 0.524. The molecule has 1 aromatic rings. The summed E-state index contributed by atoms with van der Waals surface area (Å²) in [5.74, 6) is -5.00.